The Kier molecular flexibility index (Phi) is 4.17. The van der Waals surface area contributed by atoms with Crippen LogP contribution < -0.4 is 0 Å². The molecule has 0 fully saturated rings. The minimum atomic E-state index is -0.424. The molecular weight excluding hydrogens is 324 g/mol. The van der Waals surface area contributed by atoms with Crippen LogP contribution in [0.4, 0.5) is 0 Å². The van der Waals surface area contributed by atoms with Crippen LogP contribution >= 0.6 is 15.9 Å². The Balaban J connectivity index is 2.48. The monoisotopic (exact) mass is 334 g/mol. The summed E-state index contributed by atoms with van der Waals surface area (Å²) in [6.07, 6.45) is 1.36. The van der Waals surface area contributed by atoms with Crippen LogP contribution in [0.25, 0.3) is 5.69 Å². The predicted octanol–water partition coefficient (Wildman–Crippen LogP) is 2.14. The topological polar surface area (TPSA) is 71.2 Å². The number of amides is 1. The lowest BCUT2D eigenvalue weighted by Crippen LogP contribution is -2.25. The summed E-state index contributed by atoms with van der Waals surface area (Å²) in [5.41, 5.74) is 1.06. The molecule has 1 aromatic carbocycles. The van der Waals surface area contributed by atoms with E-state index < -0.39 is 5.91 Å². The van der Waals surface area contributed by atoms with Gasteiger partial charge in [-0.05, 0) is 24.3 Å². The second-order valence-corrected chi connectivity index (χ2v) is 4.81. The van der Waals surface area contributed by atoms with Gasteiger partial charge in [-0.1, -0.05) is 15.9 Å². The van der Waals surface area contributed by atoms with Crippen molar-refractivity contribution < 1.29 is 9.63 Å². The lowest BCUT2D eigenvalue weighted by atomic mass is 10.2. The van der Waals surface area contributed by atoms with Gasteiger partial charge in [0.05, 0.1) is 24.6 Å². The summed E-state index contributed by atoms with van der Waals surface area (Å²) in [6, 6.07) is 9.27. The zero-order valence-electron chi connectivity index (χ0n) is 10.9. The van der Waals surface area contributed by atoms with Crippen LogP contribution in [0.15, 0.2) is 34.9 Å². The van der Waals surface area contributed by atoms with E-state index in [4.69, 9.17) is 4.84 Å². The van der Waals surface area contributed by atoms with Gasteiger partial charge in [0.25, 0.3) is 5.91 Å². The maximum atomic E-state index is 12.0. The molecule has 0 atom stereocenters. The van der Waals surface area contributed by atoms with E-state index in [1.54, 1.807) is 12.1 Å². The SMILES string of the molecule is CON(C)C(=O)c1cnn(-c2ccc(Br)cc2)c1C#N. The molecule has 1 amide bonds. The first kappa shape index (κ1) is 14.2. The Bertz CT molecular complexity index is 673. The Labute approximate surface area is 124 Å². The number of rotatable bonds is 3. The standard InChI is InChI=1S/C13H11BrN4O2/c1-17(20-2)13(19)11-8-16-18(12(11)7-15)10-5-3-9(14)4-6-10/h3-6,8H,1-2H3. The van der Waals surface area contributed by atoms with Crippen molar-refractivity contribution in [3.05, 3.63) is 46.2 Å². The fourth-order valence-corrected chi connectivity index (χ4v) is 1.91. The summed E-state index contributed by atoms with van der Waals surface area (Å²) in [5, 5.41) is 14.4. The third-order valence-electron chi connectivity index (χ3n) is 2.74. The highest BCUT2D eigenvalue weighted by molar-refractivity contribution is 9.10. The molecule has 0 saturated carbocycles. The van der Waals surface area contributed by atoms with Crippen molar-refractivity contribution in [1.82, 2.24) is 14.8 Å². The van der Waals surface area contributed by atoms with E-state index in [0.29, 0.717) is 5.69 Å². The predicted molar refractivity (Wildman–Crippen MR) is 75.1 cm³/mol. The lowest BCUT2D eigenvalue weighted by molar-refractivity contribution is -0.0757. The molecule has 0 saturated heterocycles. The van der Waals surface area contributed by atoms with E-state index in [2.05, 4.69) is 21.0 Å². The van der Waals surface area contributed by atoms with Crippen molar-refractivity contribution in [2.45, 2.75) is 0 Å². The van der Waals surface area contributed by atoms with E-state index in [-0.39, 0.29) is 11.3 Å². The number of halogens is 1. The maximum Gasteiger partial charge on any atom is 0.281 e. The molecular formula is C13H11BrN4O2. The van der Waals surface area contributed by atoms with Crippen LogP contribution in [0, 0.1) is 11.3 Å². The third-order valence-corrected chi connectivity index (χ3v) is 3.27. The molecule has 0 aliphatic heterocycles. The van der Waals surface area contributed by atoms with Gasteiger partial charge in [0, 0.05) is 11.5 Å². The Hall–Kier alpha value is -2.17. The van der Waals surface area contributed by atoms with Gasteiger partial charge in [-0.15, -0.1) is 0 Å². The molecule has 0 bridgehead atoms. The molecule has 0 radical (unpaired) electrons. The largest absolute Gasteiger partial charge is 0.281 e. The average Bonchev–Trinajstić information content (AvgIpc) is 2.90. The first-order chi connectivity index (χ1) is 9.58. The molecule has 2 rings (SSSR count). The van der Waals surface area contributed by atoms with Gasteiger partial charge in [0.15, 0.2) is 5.69 Å². The van der Waals surface area contributed by atoms with Gasteiger partial charge >= 0.3 is 0 Å². The van der Waals surface area contributed by atoms with E-state index in [1.165, 1.54) is 25.0 Å². The zero-order valence-corrected chi connectivity index (χ0v) is 12.5. The molecule has 6 nitrogen and oxygen atoms in total. The summed E-state index contributed by atoms with van der Waals surface area (Å²) in [4.78, 5) is 16.9. The van der Waals surface area contributed by atoms with E-state index in [1.807, 2.05) is 18.2 Å². The summed E-state index contributed by atoms with van der Waals surface area (Å²) < 4.78 is 2.34. The van der Waals surface area contributed by atoms with Crippen molar-refractivity contribution >= 4 is 21.8 Å². The second-order valence-electron chi connectivity index (χ2n) is 3.89. The Morgan fingerprint density at radius 2 is 2.10 bits per heavy atom. The number of nitriles is 1. The molecule has 7 heteroatoms. The van der Waals surface area contributed by atoms with Gasteiger partial charge in [0.1, 0.15) is 6.07 Å². The van der Waals surface area contributed by atoms with Crippen LogP contribution in [-0.4, -0.2) is 34.9 Å². The average molecular weight is 335 g/mol. The van der Waals surface area contributed by atoms with Crippen molar-refractivity contribution in [1.29, 1.82) is 5.26 Å². The van der Waals surface area contributed by atoms with Gasteiger partial charge < -0.3 is 0 Å². The number of hydrogen-bond donors (Lipinski definition) is 0. The van der Waals surface area contributed by atoms with E-state index in [9.17, 15) is 10.1 Å². The molecule has 0 unspecified atom stereocenters. The first-order valence-corrected chi connectivity index (χ1v) is 6.44. The number of benzene rings is 1. The van der Waals surface area contributed by atoms with Crippen molar-refractivity contribution in [2.75, 3.05) is 14.2 Å². The molecule has 20 heavy (non-hydrogen) atoms. The second kappa shape index (κ2) is 5.86. The van der Waals surface area contributed by atoms with Crippen LogP contribution in [0.3, 0.4) is 0 Å². The lowest BCUT2D eigenvalue weighted by Gasteiger charge is -2.12. The Morgan fingerprint density at radius 1 is 1.45 bits per heavy atom. The molecule has 102 valence electrons. The molecule has 2 aromatic rings. The highest BCUT2D eigenvalue weighted by atomic mass is 79.9. The summed E-state index contributed by atoms with van der Waals surface area (Å²) in [5.74, 6) is -0.424. The summed E-state index contributed by atoms with van der Waals surface area (Å²) in [7, 11) is 2.85. The van der Waals surface area contributed by atoms with Crippen molar-refractivity contribution in [2.24, 2.45) is 0 Å². The molecule has 0 N–H and O–H groups in total. The highest BCUT2D eigenvalue weighted by Gasteiger charge is 2.21. The molecule has 1 heterocycles. The van der Waals surface area contributed by atoms with Gasteiger partial charge in [-0.3, -0.25) is 9.63 Å². The normalized spacial score (nSPS) is 10.1. The van der Waals surface area contributed by atoms with Crippen LogP contribution in [0.1, 0.15) is 16.1 Å². The van der Waals surface area contributed by atoms with E-state index in [0.717, 1.165) is 9.54 Å². The Morgan fingerprint density at radius 3 is 2.65 bits per heavy atom. The minimum absolute atomic E-state index is 0.168. The fourth-order valence-electron chi connectivity index (χ4n) is 1.64. The summed E-state index contributed by atoms with van der Waals surface area (Å²) >= 11 is 3.34. The number of hydroxylamine groups is 2. The number of carbonyl (C=O) groups is 1. The zero-order chi connectivity index (χ0) is 14.7. The third kappa shape index (κ3) is 2.57. The number of nitrogens with zero attached hydrogens (tertiary/aromatic N) is 4. The summed E-state index contributed by atoms with van der Waals surface area (Å²) in [6.45, 7) is 0. The van der Waals surface area contributed by atoms with Crippen LogP contribution in [0.5, 0.6) is 0 Å². The first-order valence-electron chi connectivity index (χ1n) is 5.64. The number of hydrogen-bond acceptors (Lipinski definition) is 4. The highest BCUT2D eigenvalue weighted by Crippen LogP contribution is 2.18. The van der Waals surface area contributed by atoms with E-state index >= 15 is 0 Å². The molecule has 1 aromatic heterocycles. The smallest absolute Gasteiger partial charge is 0.274 e. The van der Waals surface area contributed by atoms with Crippen LogP contribution in [0.2, 0.25) is 0 Å². The fraction of sp³-hybridized carbons (Fsp3) is 0.154. The van der Waals surface area contributed by atoms with Crippen molar-refractivity contribution in [3.63, 3.8) is 0 Å². The van der Waals surface area contributed by atoms with Crippen LogP contribution in [-0.2, 0) is 4.84 Å². The van der Waals surface area contributed by atoms with Crippen molar-refractivity contribution in [3.8, 4) is 11.8 Å². The van der Waals surface area contributed by atoms with Gasteiger partial charge in [-0.25, -0.2) is 9.75 Å². The quantitative estimate of drug-likeness (QED) is 0.806. The molecule has 0 aliphatic rings. The number of carbonyl (C=O) groups excluding carboxylic acids is 1. The molecule has 0 spiro atoms. The minimum Gasteiger partial charge on any atom is -0.274 e. The molecule has 0 aliphatic carbocycles. The number of aromatic nitrogens is 2. The van der Waals surface area contributed by atoms with Gasteiger partial charge in [-0.2, -0.15) is 10.4 Å². The maximum absolute atomic E-state index is 12.0. The van der Waals surface area contributed by atoms with Gasteiger partial charge in [0.2, 0.25) is 0 Å².